The second kappa shape index (κ2) is 4.99. The van der Waals surface area contributed by atoms with Crippen molar-refractivity contribution in [1.29, 1.82) is 0 Å². The molecule has 0 fully saturated rings. The number of nitrogens with zero attached hydrogens (tertiary/aromatic N) is 1. The molecule has 0 atom stereocenters. The molecule has 0 aliphatic carbocycles. The minimum absolute atomic E-state index is 0.0205. The van der Waals surface area contributed by atoms with Gasteiger partial charge in [-0.05, 0) is 18.1 Å². The van der Waals surface area contributed by atoms with Crippen LogP contribution in [0.3, 0.4) is 0 Å². The van der Waals surface area contributed by atoms with Crippen molar-refractivity contribution < 1.29 is 15.1 Å². The SMILES string of the molecule is NC(=NO)c1cccc(CCC(=O)O)c1. The fourth-order valence-electron chi connectivity index (χ4n) is 1.20. The van der Waals surface area contributed by atoms with Gasteiger partial charge in [-0.25, -0.2) is 0 Å². The number of carbonyl (C=O) groups is 1. The number of hydrogen-bond acceptors (Lipinski definition) is 3. The highest BCUT2D eigenvalue weighted by Crippen LogP contribution is 2.07. The first-order chi connectivity index (χ1) is 7.13. The third-order valence-corrected chi connectivity index (χ3v) is 1.96. The summed E-state index contributed by atoms with van der Waals surface area (Å²) in [7, 11) is 0. The van der Waals surface area contributed by atoms with Crippen molar-refractivity contribution in [1.82, 2.24) is 0 Å². The number of carboxylic acid groups (broad SMARTS) is 1. The number of amidine groups is 1. The number of aryl methyl sites for hydroxylation is 1. The molecule has 0 unspecified atom stereocenters. The Morgan fingerprint density at radius 2 is 2.20 bits per heavy atom. The van der Waals surface area contributed by atoms with Gasteiger partial charge < -0.3 is 16.0 Å². The van der Waals surface area contributed by atoms with Crippen molar-refractivity contribution in [3.8, 4) is 0 Å². The van der Waals surface area contributed by atoms with Crippen molar-refractivity contribution in [3.05, 3.63) is 35.4 Å². The van der Waals surface area contributed by atoms with Crippen molar-refractivity contribution in [2.75, 3.05) is 0 Å². The molecule has 0 spiro atoms. The highest BCUT2D eigenvalue weighted by Gasteiger charge is 2.02. The van der Waals surface area contributed by atoms with Gasteiger partial charge >= 0.3 is 5.97 Å². The number of rotatable bonds is 4. The summed E-state index contributed by atoms with van der Waals surface area (Å²) in [6, 6.07) is 6.94. The molecule has 5 nitrogen and oxygen atoms in total. The first-order valence-electron chi connectivity index (χ1n) is 4.42. The molecule has 0 radical (unpaired) electrons. The zero-order valence-corrected chi connectivity index (χ0v) is 8.05. The summed E-state index contributed by atoms with van der Waals surface area (Å²) < 4.78 is 0. The average molecular weight is 208 g/mol. The van der Waals surface area contributed by atoms with E-state index in [4.69, 9.17) is 16.0 Å². The van der Waals surface area contributed by atoms with Crippen molar-refractivity contribution in [3.63, 3.8) is 0 Å². The Morgan fingerprint density at radius 1 is 1.47 bits per heavy atom. The zero-order chi connectivity index (χ0) is 11.3. The first-order valence-corrected chi connectivity index (χ1v) is 4.42. The Kier molecular flexibility index (Phi) is 3.68. The second-order valence-electron chi connectivity index (χ2n) is 3.08. The molecule has 80 valence electrons. The molecule has 0 saturated carbocycles. The van der Waals surface area contributed by atoms with Crippen LogP contribution in [0.15, 0.2) is 29.4 Å². The van der Waals surface area contributed by atoms with E-state index in [1.54, 1.807) is 24.3 Å². The van der Waals surface area contributed by atoms with Crippen LogP contribution in [0.4, 0.5) is 0 Å². The summed E-state index contributed by atoms with van der Waals surface area (Å²) in [5.74, 6) is -0.823. The molecule has 0 aliphatic rings. The molecule has 0 heterocycles. The molecular weight excluding hydrogens is 196 g/mol. The topological polar surface area (TPSA) is 95.9 Å². The van der Waals surface area contributed by atoms with E-state index < -0.39 is 5.97 Å². The third-order valence-electron chi connectivity index (χ3n) is 1.96. The minimum Gasteiger partial charge on any atom is -0.481 e. The fraction of sp³-hybridized carbons (Fsp3) is 0.200. The van der Waals surface area contributed by atoms with Gasteiger partial charge in [-0.1, -0.05) is 23.4 Å². The molecule has 1 aromatic carbocycles. The van der Waals surface area contributed by atoms with E-state index in [0.717, 1.165) is 5.56 Å². The van der Waals surface area contributed by atoms with Crippen molar-refractivity contribution >= 4 is 11.8 Å². The van der Waals surface area contributed by atoms with Gasteiger partial charge in [-0.3, -0.25) is 4.79 Å². The maximum Gasteiger partial charge on any atom is 0.303 e. The van der Waals surface area contributed by atoms with E-state index in [0.29, 0.717) is 12.0 Å². The molecule has 0 aliphatic heterocycles. The standard InChI is InChI=1S/C10H12N2O3/c11-10(12-15)8-3-1-2-7(6-8)4-5-9(13)14/h1-3,6,15H,4-5H2,(H2,11,12)(H,13,14). The minimum atomic E-state index is -0.843. The molecular formula is C10H12N2O3. The van der Waals surface area contributed by atoms with E-state index in [1.807, 2.05) is 0 Å². The Labute approximate surface area is 86.8 Å². The molecule has 0 saturated heterocycles. The second-order valence-corrected chi connectivity index (χ2v) is 3.08. The Balaban J connectivity index is 2.79. The molecule has 15 heavy (non-hydrogen) atoms. The monoisotopic (exact) mass is 208 g/mol. The van der Waals surface area contributed by atoms with Crippen LogP contribution >= 0.6 is 0 Å². The zero-order valence-electron chi connectivity index (χ0n) is 8.05. The van der Waals surface area contributed by atoms with Crippen LogP contribution in [0.5, 0.6) is 0 Å². The highest BCUT2D eigenvalue weighted by atomic mass is 16.4. The average Bonchev–Trinajstić information content (AvgIpc) is 2.25. The van der Waals surface area contributed by atoms with E-state index >= 15 is 0 Å². The van der Waals surface area contributed by atoms with E-state index in [2.05, 4.69) is 5.16 Å². The first kappa shape index (κ1) is 11.0. The maximum atomic E-state index is 10.4. The quantitative estimate of drug-likeness (QED) is 0.295. The predicted octanol–water partition coefficient (Wildman–Crippen LogP) is 0.798. The highest BCUT2D eigenvalue weighted by molar-refractivity contribution is 5.97. The summed E-state index contributed by atoms with van der Waals surface area (Å²) in [4.78, 5) is 10.4. The fourth-order valence-corrected chi connectivity index (χ4v) is 1.20. The smallest absolute Gasteiger partial charge is 0.303 e. The number of hydrogen-bond donors (Lipinski definition) is 3. The van der Waals surface area contributed by atoms with Crippen molar-refractivity contribution in [2.45, 2.75) is 12.8 Å². The summed E-state index contributed by atoms with van der Waals surface area (Å²) >= 11 is 0. The summed E-state index contributed by atoms with van der Waals surface area (Å²) in [6.07, 6.45) is 0.501. The number of benzene rings is 1. The molecule has 1 rings (SSSR count). The normalized spacial score (nSPS) is 11.3. The summed E-state index contributed by atoms with van der Waals surface area (Å²) in [5.41, 5.74) is 6.84. The lowest BCUT2D eigenvalue weighted by Gasteiger charge is -2.02. The molecule has 4 N–H and O–H groups in total. The number of aliphatic carboxylic acids is 1. The van der Waals surface area contributed by atoms with E-state index in [-0.39, 0.29) is 12.3 Å². The maximum absolute atomic E-state index is 10.4. The van der Waals surface area contributed by atoms with E-state index in [9.17, 15) is 4.79 Å². The predicted molar refractivity (Wildman–Crippen MR) is 54.9 cm³/mol. The van der Waals surface area contributed by atoms with Crippen LogP contribution < -0.4 is 5.73 Å². The van der Waals surface area contributed by atoms with Gasteiger partial charge in [0.25, 0.3) is 0 Å². The van der Waals surface area contributed by atoms with Gasteiger partial charge in [-0.2, -0.15) is 0 Å². The van der Waals surface area contributed by atoms with Crippen LogP contribution in [0.2, 0.25) is 0 Å². The Bertz CT molecular complexity index is 388. The summed E-state index contributed by atoms with van der Waals surface area (Å²) in [5, 5.41) is 19.9. The lowest BCUT2D eigenvalue weighted by molar-refractivity contribution is -0.136. The van der Waals surface area contributed by atoms with Crippen LogP contribution in [0.25, 0.3) is 0 Å². The third kappa shape index (κ3) is 3.30. The van der Waals surface area contributed by atoms with Gasteiger partial charge in [0, 0.05) is 12.0 Å². The molecule has 5 heteroatoms. The number of carboxylic acids is 1. The Hall–Kier alpha value is -2.04. The van der Waals surface area contributed by atoms with Crippen LogP contribution in [-0.4, -0.2) is 22.1 Å². The van der Waals surface area contributed by atoms with Crippen LogP contribution in [0.1, 0.15) is 17.5 Å². The van der Waals surface area contributed by atoms with Gasteiger partial charge in [0.1, 0.15) is 0 Å². The number of oxime groups is 1. The largest absolute Gasteiger partial charge is 0.481 e. The van der Waals surface area contributed by atoms with Gasteiger partial charge in [0.05, 0.1) is 0 Å². The number of nitrogens with two attached hydrogens (primary N) is 1. The molecule has 0 amide bonds. The van der Waals surface area contributed by atoms with Crippen LogP contribution in [0, 0.1) is 0 Å². The van der Waals surface area contributed by atoms with E-state index in [1.165, 1.54) is 0 Å². The molecule has 0 bridgehead atoms. The lowest BCUT2D eigenvalue weighted by Crippen LogP contribution is -2.13. The van der Waals surface area contributed by atoms with Gasteiger partial charge in [-0.15, -0.1) is 0 Å². The van der Waals surface area contributed by atoms with Crippen LogP contribution in [-0.2, 0) is 11.2 Å². The summed E-state index contributed by atoms with van der Waals surface area (Å²) in [6.45, 7) is 0. The van der Waals surface area contributed by atoms with Gasteiger partial charge in [0.15, 0.2) is 5.84 Å². The van der Waals surface area contributed by atoms with Crippen molar-refractivity contribution in [2.24, 2.45) is 10.9 Å². The molecule has 0 aromatic heterocycles. The Morgan fingerprint density at radius 3 is 2.80 bits per heavy atom. The molecule has 1 aromatic rings. The lowest BCUT2D eigenvalue weighted by atomic mass is 10.1. The van der Waals surface area contributed by atoms with Gasteiger partial charge in [0.2, 0.25) is 0 Å².